The van der Waals surface area contributed by atoms with Gasteiger partial charge in [-0.15, -0.1) is 0 Å². The fourth-order valence-electron chi connectivity index (χ4n) is 5.86. The van der Waals surface area contributed by atoms with Crippen molar-refractivity contribution >= 4 is 11.7 Å². The van der Waals surface area contributed by atoms with E-state index in [2.05, 4.69) is 86.9 Å². The van der Waals surface area contributed by atoms with Crippen molar-refractivity contribution in [3.8, 4) is 5.75 Å². The first-order valence-corrected chi connectivity index (χ1v) is 14.3. The predicted molar refractivity (Wildman–Crippen MR) is 161 cm³/mol. The fourth-order valence-corrected chi connectivity index (χ4v) is 5.86. The zero-order valence-electron chi connectivity index (χ0n) is 24.2. The Morgan fingerprint density at radius 2 is 1.62 bits per heavy atom. The number of anilines is 1. The van der Waals surface area contributed by atoms with Gasteiger partial charge in [0.15, 0.2) is 0 Å². The molecule has 2 heterocycles. The average Bonchev–Trinajstić information content (AvgIpc) is 3.33. The second-order valence-electron chi connectivity index (χ2n) is 11.4. The molecule has 1 aliphatic rings. The summed E-state index contributed by atoms with van der Waals surface area (Å²) in [6, 6.07) is 28.8. The van der Waals surface area contributed by atoms with Gasteiger partial charge < -0.3 is 15.4 Å². The Morgan fingerprint density at radius 3 is 2.25 bits per heavy atom. The number of rotatable bonds is 9. The Hall–Kier alpha value is -4.06. The van der Waals surface area contributed by atoms with Crippen molar-refractivity contribution in [3.05, 3.63) is 113 Å². The fraction of sp³-hybridized carbons (Fsp3) is 0.353. The van der Waals surface area contributed by atoms with Gasteiger partial charge in [-0.05, 0) is 68.9 Å². The Kier molecular flexibility index (Phi) is 7.70. The van der Waals surface area contributed by atoms with Gasteiger partial charge in [0, 0.05) is 0 Å². The van der Waals surface area contributed by atoms with E-state index < -0.39 is 5.54 Å². The number of fused-ring (bicyclic) bond motifs is 1. The van der Waals surface area contributed by atoms with Crippen LogP contribution in [0, 0.1) is 6.92 Å². The molecule has 1 amide bonds. The minimum Gasteiger partial charge on any atom is -0.489 e. The molecule has 0 spiro atoms. The van der Waals surface area contributed by atoms with Gasteiger partial charge in [-0.3, -0.25) is 4.79 Å². The van der Waals surface area contributed by atoms with Crippen molar-refractivity contribution in [2.24, 2.45) is 0 Å². The molecule has 6 heteroatoms. The lowest BCUT2D eigenvalue weighted by Crippen LogP contribution is -2.45. The Bertz CT molecular complexity index is 1440. The minimum atomic E-state index is -0.515. The number of benzene rings is 3. The van der Waals surface area contributed by atoms with Gasteiger partial charge in [-0.1, -0.05) is 86.6 Å². The summed E-state index contributed by atoms with van der Waals surface area (Å²) in [5.74, 6) is 1.48. The lowest BCUT2D eigenvalue weighted by atomic mass is 9.84. The minimum absolute atomic E-state index is 0.0943. The van der Waals surface area contributed by atoms with Crippen LogP contribution in [-0.4, -0.2) is 15.7 Å². The maximum absolute atomic E-state index is 14.1. The number of carbonyl (C=O) groups is 1. The Balaban J connectivity index is 1.39. The first kappa shape index (κ1) is 27.5. The number of nitrogens with one attached hydrogen (secondary N) is 2. The van der Waals surface area contributed by atoms with Crippen LogP contribution >= 0.6 is 0 Å². The number of aromatic nitrogens is 2. The summed E-state index contributed by atoms with van der Waals surface area (Å²) in [5.41, 5.74) is 3.98. The summed E-state index contributed by atoms with van der Waals surface area (Å²) in [6.07, 6.45) is 2.39. The van der Waals surface area contributed by atoms with Crippen LogP contribution in [0.1, 0.15) is 85.7 Å². The highest BCUT2D eigenvalue weighted by Crippen LogP contribution is 2.41. The van der Waals surface area contributed by atoms with Gasteiger partial charge >= 0.3 is 0 Å². The van der Waals surface area contributed by atoms with Gasteiger partial charge in [0.05, 0.1) is 22.8 Å². The van der Waals surface area contributed by atoms with Crippen LogP contribution in [0.2, 0.25) is 0 Å². The maximum Gasteiger partial charge on any atom is 0.257 e. The summed E-state index contributed by atoms with van der Waals surface area (Å²) in [5, 5.41) is 11.9. The first-order valence-electron chi connectivity index (χ1n) is 14.3. The smallest absolute Gasteiger partial charge is 0.257 e. The average molecular weight is 537 g/mol. The molecule has 1 atom stereocenters. The lowest BCUT2D eigenvalue weighted by molar-refractivity contribution is 0.0889. The van der Waals surface area contributed by atoms with Crippen molar-refractivity contribution in [2.75, 3.05) is 5.32 Å². The third-order valence-corrected chi connectivity index (χ3v) is 8.29. The van der Waals surface area contributed by atoms with E-state index in [4.69, 9.17) is 9.84 Å². The number of amides is 1. The molecular weight excluding hydrogens is 496 g/mol. The Morgan fingerprint density at radius 1 is 1.00 bits per heavy atom. The molecule has 2 N–H and O–H groups in total. The molecule has 1 aliphatic heterocycles. The second kappa shape index (κ2) is 11.2. The first-order chi connectivity index (χ1) is 19.3. The van der Waals surface area contributed by atoms with Crippen molar-refractivity contribution < 1.29 is 9.53 Å². The number of carbonyl (C=O) groups excluding carboxylic acids is 1. The summed E-state index contributed by atoms with van der Waals surface area (Å²) in [6.45, 7) is 11.1. The van der Waals surface area contributed by atoms with E-state index in [9.17, 15) is 4.79 Å². The monoisotopic (exact) mass is 536 g/mol. The van der Waals surface area contributed by atoms with Gasteiger partial charge in [-0.2, -0.15) is 5.10 Å². The van der Waals surface area contributed by atoms with E-state index in [1.165, 1.54) is 5.56 Å². The molecule has 0 bridgehead atoms. The molecule has 6 nitrogen and oxygen atoms in total. The number of ether oxygens (including phenoxy) is 1. The summed E-state index contributed by atoms with van der Waals surface area (Å²) < 4.78 is 8.00. The second-order valence-corrected chi connectivity index (χ2v) is 11.4. The molecule has 0 fully saturated rings. The van der Waals surface area contributed by atoms with Crippen LogP contribution in [0.4, 0.5) is 5.82 Å². The maximum atomic E-state index is 14.1. The highest BCUT2D eigenvalue weighted by atomic mass is 16.5. The molecule has 5 rings (SSSR count). The van der Waals surface area contributed by atoms with Crippen molar-refractivity contribution in [1.29, 1.82) is 0 Å². The number of aryl methyl sites for hydroxylation is 1. The van der Waals surface area contributed by atoms with Gasteiger partial charge in [-0.25, -0.2) is 4.68 Å². The standard InChI is InChI=1S/C34H40N4O2/c1-6-34(7-2,27-18-20-28(21-19-27)40-23-25-14-10-8-11-15-25)36-32(39)30-24(3)37-38-31(30)35-29(22-33(38,4)5)26-16-12-9-13-17-26/h8-21,29,35H,6-7,22-23H2,1-5H3,(H,36,39)/t29-/m1/s1. The zero-order valence-corrected chi connectivity index (χ0v) is 24.2. The number of hydrogen-bond acceptors (Lipinski definition) is 4. The van der Waals surface area contributed by atoms with Crippen LogP contribution < -0.4 is 15.4 Å². The molecule has 0 saturated heterocycles. The molecule has 0 aliphatic carbocycles. The van der Waals surface area contributed by atoms with Crippen LogP contribution in [0.3, 0.4) is 0 Å². The van der Waals surface area contributed by atoms with Gasteiger partial charge in [0.1, 0.15) is 23.7 Å². The summed E-state index contributed by atoms with van der Waals surface area (Å²) >= 11 is 0. The lowest BCUT2D eigenvalue weighted by Gasteiger charge is -2.38. The summed E-state index contributed by atoms with van der Waals surface area (Å²) in [7, 11) is 0. The normalized spacial score (nSPS) is 16.1. The molecule has 0 unspecified atom stereocenters. The van der Waals surface area contributed by atoms with Gasteiger partial charge in [0.25, 0.3) is 5.91 Å². The van der Waals surface area contributed by atoms with Crippen LogP contribution in [-0.2, 0) is 17.7 Å². The van der Waals surface area contributed by atoms with Crippen LogP contribution in [0.15, 0.2) is 84.9 Å². The highest BCUT2D eigenvalue weighted by Gasteiger charge is 2.39. The largest absolute Gasteiger partial charge is 0.489 e. The highest BCUT2D eigenvalue weighted by molar-refractivity contribution is 6.00. The van der Waals surface area contributed by atoms with Crippen molar-refractivity contribution in [2.45, 2.75) is 77.6 Å². The number of hydrogen-bond donors (Lipinski definition) is 2. The van der Waals surface area contributed by atoms with Crippen molar-refractivity contribution in [3.63, 3.8) is 0 Å². The third kappa shape index (κ3) is 5.35. The van der Waals surface area contributed by atoms with Crippen LogP contribution in [0.25, 0.3) is 0 Å². The molecule has 3 aromatic carbocycles. The van der Waals surface area contributed by atoms with Gasteiger partial charge in [0.2, 0.25) is 0 Å². The SMILES string of the molecule is CCC(CC)(NC(=O)c1c(C)nn2c1N[C@@H](c1ccccc1)CC2(C)C)c1ccc(OCc2ccccc2)cc1. The van der Waals surface area contributed by atoms with E-state index in [-0.39, 0.29) is 17.5 Å². The van der Waals surface area contributed by atoms with Crippen LogP contribution in [0.5, 0.6) is 5.75 Å². The number of nitrogens with zero attached hydrogens (tertiary/aromatic N) is 2. The van der Waals surface area contributed by atoms with E-state index in [1.807, 2.05) is 48.0 Å². The molecule has 1 aromatic heterocycles. The molecular formula is C34H40N4O2. The third-order valence-electron chi connectivity index (χ3n) is 8.29. The quantitative estimate of drug-likeness (QED) is 0.232. The molecule has 208 valence electrons. The molecule has 0 radical (unpaired) electrons. The Labute approximate surface area is 237 Å². The molecule has 0 saturated carbocycles. The molecule has 40 heavy (non-hydrogen) atoms. The molecule has 4 aromatic rings. The van der Waals surface area contributed by atoms with Crippen molar-refractivity contribution in [1.82, 2.24) is 15.1 Å². The van der Waals surface area contributed by atoms with E-state index >= 15 is 0 Å². The zero-order chi connectivity index (χ0) is 28.3. The van der Waals surface area contributed by atoms with E-state index in [1.54, 1.807) is 0 Å². The summed E-state index contributed by atoms with van der Waals surface area (Å²) in [4.78, 5) is 14.1. The predicted octanol–water partition coefficient (Wildman–Crippen LogP) is 7.51. The van der Waals surface area contributed by atoms with E-state index in [0.29, 0.717) is 12.2 Å². The topological polar surface area (TPSA) is 68.2 Å². The van der Waals surface area contributed by atoms with E-state index in [0.717, 1.165) is 47.7 Å².